The summed E-state index contributed by atoms with van der Waals surface area (Å²) in [5.74, 6) is 1.93. The molecule has 0 aromatic rings. The van der Waals surface area contributed by atoms with Gasteiger partial charge in [0.25, 0.3) is 0 Å². The molecule has 2 saturated carbocycles. The highest BCUT2D eigenvalue weighted by molar-refractivity contribution is 4.81. The fourth-order valence-electron chi connectivity index (χ4n) is 3.75. The molecule has 1 atom stereocenters. The van der Waals surface area contributed by atoms with E-state index in [0.29, 0.717) is 0 Å². The summed E-state index contributed by atoms with van der Waals surface area (Å²) in [6.45, 7) is 4.85. The summed E-state index contributed by atoms with van der Waals surface area (Å²) in [6, 6.07) is 1.58. The highest BCUT2D eigenvalue weighted by Crippen LogP contribution is 2.28. The standard InChI is InChI=1S/C16H31N/c1-13-9-11-16(12-10-13)17-14(2)15-7-5-3-4-6-8-15/h13-17H,3-12H2,1-2H3/t13?,14-,16?/m0/s1. The van der Waals surface area contributed by atoms with Crippen LogP contribution in [-0.4, -0.2) is 12.1 Å². The molecule has 0 radical (unpaired) electrons. The van der Waals surface area contributed by atoms with Crippen molar-refractivity contribution in [2.75, 3.05) is 0 Å². The largest absolute Gasteiger partial charge is 0.311 e. The Morgan fingerprint density at radius 1 is 0.824 bits per heavy atom. The van der Waals surface area contributed by atoms with Gasteiger partial charge in [0.2, 0.25) is 0 Å². The lowest BCUT2D eigenvalue weighted by Crippen LogP contribution is -2.42. The molecule has 0 saturated heterocycles. The number of nitrogens with one attached hydrogen (secondary N) is 1. The molecule has 0 amide bonds. The van der Waals surface area contributed by atoms with Crippen LogP contribution in [0.15, 0.2) is 0 Å². The Bertz CT molecular complexity index is 198. The summed E-state index contributed by atoms with van der Waals surface area (Å²) in [6.07, 6.45) is 14.5. The van der Waals surface area contributed by atoms with Crippen molar-refractivity contribution in [3.05, 3.63) is 0 Å². The third-order valence-electron chi connectivity index (χ3n) is 5.12. The predicted molar refractivity (Wildman–Crippen MR) is 75.2 cm³/mol. The first-order valence-electron chi connectivity index (χ1n) is 8.01. The maximum Gasteiger partial charge on any atom is 0.00698 e. The van der Waals surface area contributed by atoms with Crippen LogP contribution in [0.4, 0.5) is 0 Å². The van der Waals surface area contributed by atoms with Crippen LogP contribution in [0.3, 0.4) is 0 Å². The Kier molecular flexibility index (Phi) is 5.34. The second kappa shape index (κ2) is 6.78. The minimum atomic E-state index is 0.756. The van der Waals surface area contributed by atoms with Gasteiger partial charge in [-0.1, -0.05) is 32.6 Å². The normalized spacial score (nSPS) is 34.2. The Labute approximate surface area is 108 Å². The lowest BCUT2D eigenvalue weighted by atomic mass is 9.85. The van der Waals surface area contributed by atoms with E-state index in [1.54, 1.807) is 0 Å². The van der Waals surface area contributed by atoms with Crippen molar-refractivity contribution in [2.24, 2.45) is 11.8 Å². The van der Waals surface area contributed by atoms with Crippen molar-refractivity contribution in [1.29, 1.82) is 0 Å². The minimum absolute atomic E-state index is 0.756. The predicted octanol–water partition coefficient (Wildman–Crippen LogP) is 4.51. The average molecular weight is 237 g/mol. The van der Waals surface area contributed by atoms with Gasteiger partial charge in [-0.15, -0.1) is 0 Å². The smallest absolute Gasteiger partial charge is 0.00698 e. The van der Waals surface area contributed by atoms with E-state index in [1.807, 2.05) is 0 Å². The molecule has 0 bridgehead atoms. The van der Waals surface area contributed by atoms with Gasteiger partial charge in [-0.2, -0.15) is 0 Å². The van der Waals surface area contributed by atoms with Gasteiger partial charge in [0.05, 0.1) is 0 Å². The first-order valence-corrected chi connectivity index (χ1v) is 8.01. The first-order chi connectivity index (χ1) is 8.25. The highest BCUT2D eigenvalue weighted by Gasteiger charge is 2.24. The fourth-order valence-corrected chi connectivity index (χ4v) is 3.75. The van der Waals surface area contributed by atoms with E-state index < -0.39 is 0 Å². The summed E-state index contributed by atoms with van der Waals surface area (Å²) in [5.41, 5.74) is 0. The quantitative estimate of drug-likeness (QED) is 0.712. The molecule has 2 aliphatic carbocycles. The Morgan fingerprint density at radius 3 is 2.00 bits per heavy atom. The van der Waals surface area contributed by atoms with Crippen LogP contribution in [0.2, 0.25) is 0 Å². The molecule has 1 heteroatoms. The van der Waals surface area contributed by atoms with E-state index >= 15 is 0 Å². The number of hydrogen-bond donors (Lipinski definition) is 1. The fraction of sp³-hybridized carbons (Fsp3) is 1.00. The summed E-state index contributed by atoms with van der Waals surface area (Å²) in [5, 5.41) is 3.94. The Hall–Kier alpha value is -0.0400. The van der Waals surface area contributed by atoms with Gasteiger partial charge in [-0.25, -0.2) is 0 Å². The third kappa shape index (κ3) is 4.28. The molecule has 17 heavy (non-hydrogen) atoms. The molecule has 2 fully saturated rings. The average Bonchev–Trinajstić information content (AvgIpc) is 2.61. The SMILES string of the molecule is CC1CCC(N[C@@H](C)C2CCCCCC2)CC1. The molecule has 2 aliphatic rings. The summed E-state index contributed by atoms with van der Waals surface area (Å²) >= 11 is 0. The molecule has 0 aromatic carbocycles. The summed E-state index contributed by atoms with van der Waals surface area (Å²) < 4.78 is 0. The molecule has 0 aromatic heterocycles. The molecule has 0 unspecified atom stereocenters. The van der Waals surface area contributed by atoms with Crippen LogP contribution < -0.4 is 5.32 Å². The van der Waals surface area contributed by atoms with Crippen molar-refractivity contribution in [1.82, 2.24) is 5.32 Å². The van der Waals surface area contributed by atoms with Crippen molar-refractivity contribution in [3.63, 3.8) is 0 Å². The van der Waals surface area contributed by atoms with Crippen LogP contribution >= 0.6 is 0 Å². The van der Waals surface area contributed by atoms with Gasteiger partial charge in [-0.3, -0.25) is 0 Å². The molecule has 0 heterocycles. The van der Waals surface area contributed by atoms with Gasteiger partial charge in [-0.05, 0) is 57.3 Å². The zero-order chi connectivity index (χ0) is 12.1. The maximum atomic E-state index is 3.94. The molecule has 0 aliphatic heterocycles. The maximum absolute atomic E-state index is 3.94. The van der Waals surface area contributed by atoms with Gasteiger partial charge >= 0.3 is 0 Å². The Morgan fingerprint density at radius 2 is 1.41 bits per heavy atom. The topological polar surface area (TPSA) is 12.0 Å². The van der Waals surface area contributed by atoms with Crippen molar-refractivity contribution in [3.8, 4) is 0 Å². The van der Waals surface area contributed by atoms with Gasteiger partial charge in [0.15, 0.2) is 0 Å². The number of hydrogen-bond acceptors (Lipinski definition) is 1. The van der Waals surface area contributed by atoms with Gasteiger partial charge in [0.1, 0.15) is 0 Å². The van der Waals surface area contributed by atoms with E-state index in [1.165, 1.54) is 64.2 Å². The molecule has 100 valence electrons. The van der Waals surface area contributed by atoms with Crippen LogP contribution in [-0.2, 0) is 0 Å². The molecule has 0 spiro atoms. The van der Waals surface area contributed by atoms with Crippen molar-refractivity contribution < 1.29 is 0 Å². The van der Waals surface area contributed by atoms with Crippen LogP contribution in [0, 0.1) is 11.8 Å². The minimum Gasteiger partial charge on any atom is -0.311 e. The molecule has 1 nitrogen and oxygen atoms in total. The first kappa shape index (κ1) is 13.4. The molecular weight excluding hydrogens is 206 g/mol. The second-order valence-electron chi connectivity index (χ2n) is 6.66. The van der Waals surface area contributed by atoms with Gasteiger partial charge in [0, 0.05) is 12.1 Å². The molecule has 1 N–H and O–H groups in total. The van der Waals surface area contributed by atoms with E-state index in [9.17, 15) is 0 Å². The third-order valence-corrected chi connectivity index (χ3v) is 5.12. The van der Waals surface area contributed by atoms with E-state index in [4.69, 9.17) is 0 Å². The monoisotopic (exact) mass is 237 g/mol. The summed E-state index contributed by atoms with van der Waals surface area (Å²) in [7, 11) is 0. The lowest BCUT2D eigenvalue weighted by molar-refractivity contribution is 0.249. The van der Waals surface area contributed by atoms with Crippen LogP contribution in [0.1, 0.15) is 78.1 Å². The van der Waals surface area contributed by atoms with Gasteiger partial charge < -0.3 is 5.32 Å². The number of rotatable bonds is 3. The van der Waals surface area contributed by atoms with E-state index in [2.05, 4.69) is 19.2 Å². The summed E-state index contributed by atoms with van der Waals surface area (Å²) in [4.78, 5) is 0. The highest BCUT2D eigenvalue weighted by atomic mass is 15.0. The molecular formula is C16H31N. The molecule has 2 rings (SSSR count). The van der Waals surface area contributed by atoms with Crippen LogP contribution in [0.5, 0.6) is 0 Å². The Balaban J connectivity index is 1.73. The second-order valence-corrected chi connectivity index (χ2v) is 6.66. The lowest BCUT2D eigenvalue weighted by Gasteiger charge is -2.32. The zero-order valence-electron chi connectivity index (χ0n) is 11.9. The van der Waals surface area contributed by atoms with Crippen molar-refractivity contribution >= 4 is 0 Å². The van der Waals surface area contributed by atoms with Crippen LogP contribution in [0.25, 0.3) is 0 Å². The van der Waals surface area contributed by atoms with E-state index in [0.717, 1.165) is 23.9 Å². The van der Waals surface area contributed by atoms with E-state index in [-0.39, 0.29) is 0 Å². The van der Waals surface area contributed by atoms with Crippen molar-refractivity contribution in [2.45, 2.75) is 90.1 Å². The zero-order valence-corrected chi connectivity index (χ0v) is 11.9.